The molecule has 1 aromatic rings. The quantitative estimate of drug-likeness (QED) is 0.663. The van der Waals surface area contributed by atoms with Gasteiger partial charge in [-0.05, 0) is 32.0 Å². The molecule has 0 N–H and O–H groups in total. The first kappa shape index (κ1) is 15.8. The van der Waals surface area contributed by atoms with Gasteiger partial charge in [0.2, 0.25) is 0 Å². The maximum atomic E-state index is 6.03. The van der Waals surface area contributed by atoms with Crippen molar-refractivity contribution in [3.63, 3.8) is 0 Å². The molecular formula is C13H18BrClO3. The third kappa shape index (κ3) is 5.57. The van der Waals surface area contributed by atoms with Crippen LogP contribution in [-0.2, 0) is 9.47 Å². The Bertz CT molecular complexity index is 354. The van der Waals surface area contributed by atoms with Crippen molar-refractivity contribution in [3.8, 4) is 5.75 Å². The fourth-order valence-corrected chi connectivity index (χ4v) is 1.95. The first-order valence-corrected chi connectivity index (χ1v) is 7.15. The number of hydrogen-bond acceptors (Lipinski definition) is 3. The van der Waals surface area contributed by atoms with Crippen molar-refractivity contribution in [2.75, 3.05) is 19.8 Å². The Morgan fingerprint density at radius 1 is 1.22 bits per heavy atom. The molecule has 0 fully saturated rings. The molecule has 102 valence electrons. The summed E-state index contributed by atoms with van der Waals surface area (Å²) in [6.45, 7) is 5.64. The van der Waals surface area contributed by atoms with Gasteiger partial charge in [0.05, 0.1) is 11.6 Å². The molecule has 0 saturated carbocycles. The average molecular weight is 338 g/mol. The molecule has 0 amide bonds. The predicted octanol–water partition coefficient (Wildman–Crippen LogP) is 4.27. The lowest BCUT2D eigenvalue weighted by molar-refractivity contribution is -0.142. The molecule has 0 aromatic heterocycles. The van der Waals surface area contributed by atoms with Crippen molar-refractivity contribution in [2.24, 2.45) is 0 Å². The first-order valence-electron chi connectivity index (χ1n) is 5.98. The van der Waals surface area contributed by atoms with Gasteiger partial charge in [-0.2, -0.15) is 0 Å². The van der Waals surface area contributed by atoms with E-state index in [1.165, 1.54) is 0 Å². The van der Waals surface area contributed by atoms with Crippen LogP contribution in [0.15, 0.2) is 22.7 Å². The Balaban J connectivity index is 2.41. The van der Waals surface area contributed by atoms with Crippen LogP contribution in [0.3, 0.4) is 0 Å². The summed E-state index contributed by atoms with van der Waals surface area (Å²) in [5, 5.41) is 0.600. The lowest BCUT2D eigenvalue weighted by Crippen LogP contribution is -2.20. The monoisotopic (exact) mass is 336 g/mol. The van der Waals surface area contributed by atoms with Crippen LogP contribution < -0.4 is 4.74 Å². The highest BCUT2D eigenvalue weighted by atomic mass is 79.9. The first-order chi connectivity index (χ1) is 8.67. The smallest absolute Gasteiger partial charge is 0.160 e. The number of benzene rings is 1. The average Bonchev–Trinajstić information content (AvgIpc) is 2.34. The van der Waals surface area contributed by atoms with E-state index in [9.17, 15) is 0 Å². The van der Waals surface area contributed by atoms with Crippen LogP contribution in [-0.4, -0.2) is 26.1 Å². The van der Waals surface area contributed by atoms with Crippen molar-refractivity contribution in [2.45, 2.75) is 26.6 Å². The van der Waals surface area contributed by atoms with Crippen molar-refractivity contribution in [3.05, 3.63) is 27.7 Å². The van der Waals surface area contributed by atoms with Crippen LogP contribution >= 0.6 is 27.5 Å². The largest absolute Gasteiger partial charge is 0.492 e. The van der Waals surface area contributed by atoms with E-state index in [1.807, 2.05) is 26.0 Å². The van der Waals surface area contributed by atoms with Crippen LogP contribution in [0.2, 0.25) is 5.02 Å². The maximum Gasteiger partial charge on any atom is 0.160 e. The van der Waals surface area contributed by atoms with Gasteiger partial charge in [-0.3, -0.25) is 0 Å². The standard InChI is InChI=1S/C13H18BrClO3/c1-3-16-13(17-4-2)7-8-18-12-9-10(14)5-6-11(12)15/h5-6,9,13H,3-4,7-8H2,1-2H3. The molecule has 1 rings (SSSR count). The molecule has 0 radical (unpaired) electrons. The van der Waals surface area contributed by atoms with Gasteiger partial charge < -0.3 is 14.2 Å². The zero-order valence-electron chi connectivity index (χ0n) is 10.6. The van der Waals surface area contributed by atoms with Crippen molar-refractivity contribution in [1.82, 2.24) is 0 Å². The molecule has 0 aliphatic heterocycles. The SMILES string of the molecule is CCOC(CCOc1cc(Br)ccc1Cl)OCC. The van der Waals surface area contributed by atoms with Crippen LogP contribution in [0.25, 0.3) is 0 Å². The zero-order valence-corrected chi connectivity index (χ0v) is 13.0. The number of rotatable bonds is 8. The van der Waals surface area contributed by atoms with Gasteiger partial charge in [0.1, 0.15) is 5.75 Å². The van der Waals surface area contributed by atoms with Gasteiger partial charge in [0, 0.05) is 24.1 Å². The zero-order chi connectivity index (χ0) is 13.4. The Labute approximate surface area is 121 Å². The van der Waals surface area contributed by atoms with Gasteiger partial charge in [-0.1, -0.05) is 27.5 Å². The van der Waals surface area contributed by atoms with E-state index in [-0.39, 0.29) is 6.29 Å². The summed E-state index contributed by atoms with van der Waals surface area (Å²) in [4.78, 5) is 0. The van der Waals surface area contributed by atoms with E-state index < -0.39 is 0 Å². The molecule has 0 aliphatic rings. The Morgan fingerprint density at radius 2 is 1.89 bits per heavy atom. The third-order valence-electron chi connectivity index (χ3n) is 2.21. The van der Waals surface area contributed by atoms with Crippen molar-refractivity contribution < 1.29 is 14.2 Å². The molecule has 0 unspecified atom stereocenters. The minimum Gasteiger partial charge on any atom is -0.492 e. The number of hydrogen-bond donors (Lipinski definition) is 0. The third-order valence-corrected chi connectivity index (χ3v) is 3.01. The van der Waals surface area contributed by atoms with Crippen LogP contribution in [0.5, 0.6) is 5.75 Å². The fourth-order valence-electron chi connectivity index (χ4n) is 1.44. The molecular weight excluding hydrogens is 319 g/mol. The van der Waals surface area contributed by atoms with Gasteiger partial charge in [-0.15, -0.1) is 0 Å². The summed E-state index contributed by atoms with van der Waals surface area (Å²) in [5.41, 5.74) is 0. The summed E-state index contributed by atoms with van der Waals surface area (Å²) in [5.74, 6) is 0.665. The molecule has 0 atom stereocenters. The topological polar surface area (TPSA) is 27.7 Å². The highest BCUT2D eigenvalue weighted by Crippen LogP contribution is 2.28. The Morgan fingerprint density at radius 3 is 2.50 bits per heavy atom. The fraction of sp³-hybridized carbons (Fsp3) is 0.538. The molecule has 18 heavy (non-hydrogen) atoms. The Hall–Kier alpha value is -0.290. The lowest BCUT2D eigenvalue weighted by atomic mass is 10.3. The van der Waals surface area contributed by atoms with E-state index >= 15 is 0 Å². The molecule has 3 nitrogen and oxygen atoms in total. The highest BCUT2D eigenvalue weighted by Gasteiger charge is 2.09. The molecule has 0 spiro atoms. The second-order valence-electron chi connectivity index (χ2n) is 3.55. The minimum atomic E-state index is -0.217. The summed E-state index contributed by atoms with van der Waals surface area (Å²) in [6.07, 6.45) is 0.454. The van der Waals surface area contributed by atoms with Gasteiger partial charge in [0.25, 0.3) is 0 Å². The molecule has 0 aliphatic carbocycles. The van der Waals surface area contributed by atoms with Crippen molar-refractivity contribution in [1.29, 1.82) is 0 Å². The van der Waals surface area contributed by atoms with Gasteiger partial charge >= 0.3 is 0 Å². The van der Waals surface area contributed by atoms with Gasteiger partial charge in [-0.25, -0.2) is 0 Å². The minimum absolute atomic E-state index is 0.217. The van der Waals surface area contributed by atoms with Crippen LogP contribution in [0, 0.1) is 0 Å². The number of ether oxygens (including phenoxy) is 3. The molecule has 5 heteroatoms. The molecule has 1 aromatic carbocycles. The molecule has 0 saturated heterocycles. The summed E-state index contributed by atoms with van der Waals surface area (Å²) >= 11 is 9.40. The predicted molar refractivity (Wildman–Crippen MR) is 76.3 cm³/mol. The maximum absolute atomic E-state index is 6.03. The van der Waals surface area contributed by atoms with Crippen LogP contribution in [0.4, 0.5) is 0 Å². The van der Waals surface area contributed by atoms with Gasteiger partial charge in [0.15, 0.2) is 6.29 Å². The van der Waals surface area contributed by atoms with E-state index in [0.717, 1.165) is 4.47 Å². The van der Waals surface area contributed by atoms with E-state index in [2.05, 4.69) is 15.9 Å². The highest BCUT2D eigenvalue weighted by molar-refractivity contribution is 9.10. The lowest BCUT2D eigenvalue weighted by Gasteiger charge is -2.17. The summed E-state index contributed by atoms with van der Waals surface area (Å²) in [7, 11) is 0. The van der Waals surface area contributed by atoms with E-state index in [4.69, 9.17) is 25.8 Å². The summed E-state index contributed by atoms with van der Waals surface area (Å²) in [6, 6.07) is 5.51. The second kappa shape index (κ2) is 8.75. The molecule has 0 heterocycles. The van der Waals surface area contributed by atoms with E-state index in [1.54, 1.807) is 6.07 Å². The summed E-state index contributed by atoms with van der Waals surface area (Å²) < 4.78 is 17.4. The van der Waals surface area contributed by atoms with E-state index in [0.29, 0.717) is 37.0 Å². The van der Waals surface area contributed by atoms with Crippen molar-refractivity contribution >= 4 is 27.5 Å². The Kier molecular flexibility index (Phi) is 7.66. The number of halogens is 2. The van der Waals surface area contributed by atoms with Crippen LogP contribution in [0.1, 0.15) is 20.3 Å². The second-order valence-corrected chi connectivity index (χ2v) is 4.87. The molecule has 0 bridgehead atoms. The normalized spacial score (nSPS) is 10.9.